The maximum atomic E-state index is 7.20. The van der Waals surface area contributed by atoms with Gasteiger partial charge in [-0.25, -0.2) is 0 Å². The minimum absolute atomic E-state index is 0.0545. The van der Waals surface area contributed by atoms with Crippen molar-refractivity contribution in [3.63, 3.8) is 0 Å². The van der Waals surface area contributed by atoms with E-state index < -0.39 is 5.41 Å². The Hall–Kier alpha value is -8.31. The molecule has 0 unspecified atom stereocenters. The molecule has 0 N–H and O–H groups in total. The Morgan fingerprint density at radius 2 is 0.900 bits per heavy atom. The Morgan fingerprint density at radius 3 is 1.51 bits per heavy atom. The van der Waals surface area contributed by atoms with Crippen molar-refractivity contribution in [2.75, 3.05) is 9.80 Å². The number of rotatable bonds is 7. The van der Waals surface area contributed by atoms with Crippen LogP contribution >= 0.6 is 0 Å². The van der Waals surface area contributed by atoms with E-state index >= 15 is 0 Å². The predicted octanol–water partition coefficient (Wildman–Crippen LogP) is 19.2. The Balaban J connectivity index is 0.998. The standard InChI is InChI=1S/C73H65N5O.Pt/c1-70(2,3)51-39-40-74-69(45-51)78-65-34-21-18-31-61(65)73(59-29-16-19-32-63(59)77(54-25-14-11-15-26-54)64-33-20-17-30-60(64)73)62-37-36-58(47-67(62)78)79-57-28-22-27-55(46-57)75-48-76(56-43-52(71(4,5)6)42-53(44-56)72(7,8)9)68-41-50(35-38-66(68)75)49-23-12-10-13-24-49;/h10-47H,1-9H3;. The van der Waals surface area contributed by atoms with Crippen molar-refractivity contribution in [1.82, 2.24) is 14.1 Å². The molecule has 0 atom stereocenters. The first-order chi connectivity index (χ1) is 38.5. The average Bonchev–Trinajstić information content (AvgIpc) is 3.07. The molecule has 0 aliphatic carbocycles. The van der Waals surface area contributed by atoms with Gasteiger partial charge in [0.15, 0.2) is 0 Å². The van der Waals surface area contributed by atoms with Crippen LogP contribution in [-0.4, -0.2) is 14.1 Å². The fourth-order valence-corrected chi connectivity index (χ4v) is 13.3. The van der Waals surface area contributed by atoms with Crippen molar-refractivity contribution in [1.29, 1.82) is 0 Å². The monoisotopic (exact) mass is 1220 g/mol. The van der Waals surface area contributed by atoms with Crippen LogP contribution in [0.2, 0.25) is 0 Å². The van der Waals surface area contributed by atoms with E-state index in [2.05, 4.69) is 325 Å². The molecule has 11 aromatic rings. The van der Waals surface area contributed by atoms with Gasteiger partial charge in [0.2, 0.25) is 0 Å². The van der Waals surface area contributed by atoms with Crippen LogP contribution < -0.4 is 14.5 Å². The third-order valence-corrected chi connectivity index (χ3v) is 17.3. The predicted molar refractivity (Wildman–Crippen MR) is 326 cm³/mol. The van der Waals surface area contributed by atoms with Crippen molar-refractivity contribution in [2.45, 2.75) is 84.0 Å². The summed E-state index contributed by atoms with van der Waals surface area (Å²) in [6.07, 6.45) is 1.96. The van der Waals surface area contributed by atoms with Gasteiger partial charge in [0, 0.05) is 11.9 Å². The van der Waals surface area contributed by atoms with Crippen LogP contribution in [0.15, 0.2) is 231 Å². The molecule has 0 amide bonds. The summed E-state index contributed by atoms with van der Waals surface area (Å²) < 4.78 is 13.1. The van der Waals surface area contributed by atoms with Crippen molar-refractivity contribution in [3.8, 4) is 34.0 Å². The molecule has 6 nitrogen and oxygen atoms in total. The zero-order chi connectivity index (χ0) is 55.3. The second kappa shape index (κ2) is 19.2. The number of anilines is 6. The van der Waals surface area contributed by atoms with Gasteiger partial charge in [-0.3, -0.25) is 0 Å². The van der Waals surface area contributed by atoms with Crippen LogP contribution in [0, 0.1) is 3.80 Å². The molecule has 2 aliphatic heterocycles. The van der Waals surface area contributed by atoms with E-state index in [4.69, 9.17) is 9.72 Å². The van der Waals surface area contributed by atoms with Crippen molar-refractivity contribution < 1.29 is 24.1 Å². The number of imidazole rings is 1. The molecule has 13 rings (SSSR count). The number of hydrogen-bond acceptors (Lipinski definition) is 4. The van der Waals surface area contributed by atoms with E-state index in [1.165, 1.54) is 44.5 Å². The third kappa shape index (κ3) is 8.50. The molecule has 398 valence electrons. The molecule has 0 radical (unpaired) electrons. The van der Waals surface area contributed by atoms with Crippen LogP contribution in [0.5, 0.6) is 11.5 Å². The van der Waals surface area contributed by atoms with Gasteiger partial charge in [-0.2, -0.15) is 0 Å². The maximum absolute atomic E-state index is 7.20. The molecule has 2 aromatic heterocycles. The Kier molecular flexibility index (Phi) is 12.3. The van der Waals surface area contributed by atoms with Crippen LogP contribution in [-0.2, 0) is 41.0 Å². The summed E-state index contributed by atoms with van der Waals surface area (Å²) in [6.45, 7) is 20.6. The van der Waals surface area contributed by atoms with Gasteiger partial charge in [0.1, 0.15) is 0 Å². The van der Waals surface area contributed by atoms with Gasteiger partial charge in [-0.15, -0.1) is 0 Å². The molecule has 4 heterocycles. The summed E-state index contributed by atoms with van der Waals surface area (Å²) in [6, 6.07) is 82.0. The SMILES string of the molecule is CC(C)(C)c1cc(-n2[c](=[Pt])n(-c3cccc(Oc4ccc5c(c4)N(c4cc(C(C)(C)C)ccn4)c4ccccc4C54c5ccccc5N(c5ccccc5)c5ccccc54)c3)c3ccc(-c4ccccc4)cc32)cc(C(C)(C)C)c1. The van der Waals surface area contributed by atoms with E-state index in [9.17, 15) is 0 Å². The number of ether oxygens (including phenoxy) is 1. The molecule has 0 saturated heterocycles. The van der Waals surface area contributed by atoms with Crippen molar-refractivity contribution >= 4 is 45.3 Å². The summed E-state index contributed by atoms with van der Waals surface area (Å²) in [5.74, 6) is 2.30. The first-order valence-electron chi connectivity index (χ1n) is 27.8. The van der Waals surface area contributed by atoms with Crippen LogP contribution in [0.1, 0.15) is 101 Å². The van der Waals surface area contributed by atoms with E-state index in [-0.39, 0.29) is 16.2 Å². The molecule has 0 bridgehead atoms. The first-order valence-corrected chi connectivity index (χ1v) is 28.9. The Morgan fingerprint density at radius 1 is 0.375 bits per heavy atom. The molecule has 7 heteroatoms. The number of pyridine rings is 1. The van der Waals surface area contributed by atoms with Crippen LogP contribution in [0.25, 0.3) is 33.5 Å². The minimum atomic E-state index is -0.719. The molecule has 2 aliphatic rings. The van der Waals surface area contributed by atoms with Gasteiger partial charge in [-0.05, 0) is 41.3 Å². The Labute approximate surface area is 481 Å². The van der Waals surface area contributed by atoms with Crippen LogP contribution in [0.3, 0.4) is 0 Å². The number of para-hydroxylation sites is 4. The molecule has 80 heavy (non-hydrogen) atoms. The zero-order valence-electron chi connectivity index (χ0n) is 46.9. The Bertz CT molecular complexity index is 4190. The van der Waals surface area contributed by atoms with Crippen molar-refractivity contribution in [2.24, 2.45) is 0 Å². The number of benzene rings is 9. The summed E-state index contributed by atoms with van der Waals surface area (Å²) in [4.78, 5) is 9.98. The summed E-state index contributed by atoms with van der Waals surface area (Å²) in [5, 5.41) is 0. The molecule has 9 aromatic carbocycles. The number of fused-ring (bicyclic) bond motifs is 9. The second-order valence-corrected chi connectivity index (χ2v) is 25.5. The van der Waals surface area contributed by atoms with Crippen LogP contribution in [0.4, 0.5) is 34.3 Å². The number of aromatic nitrogens is 3. The van der Waals surface area contributed by atoms with Crippen molar-refractivity contribution in [3.05, 3.63) is 273 Å². The van der Waals surface area contributed by atoms with E-state index in [0.29, 0.717) is 0 Å². The summed E-state index contributed by atoms with van der Waals surface area (Å²) in [7, 11) is 0. The van der Waals surface area contributed by atoms with Gasteiger partial charge in [0.05, 0.1) is 11.4 Å². The normalized spacial score (nSPS) is 13.7. The molecule has 1 spiro atoms. The summed E-state index contributed by atoms with van der Waals surface area (Å²) >= 11 is 2.54. The average molecular weight is 1220 g/mol. The van der Waals surface area contributed by atoms with Gasteiger partial charge >= 0.3 is 322 Å². The summed E-state index contributed by atoms with van der Waals surface area (Å²) in [5.41, 5.74) is 19.8. The number of hydrogen-bond donors (Lipinski definition) is 0. The topological polar surface area (TPSA) is 38.5 Å². The van der Waals surface area contributed by atoms with E-state index in [1.54, 1.807) is 0 Å². The molecular formula is C73H65N5OPt. The third-order valence-electron chi connectivity index (χ3n) is 16.2. The quantitative estimate of drug-likeness (QED) is 0.159. The van der Waals surface area contributed by atoms with Gasteiger partial charge < -0.3 is 4.90 Å². The molecule has 0 saturated carbocycles. The van der Waals surface area contributed by atoms with E-state index in [0.717, 1.165) is 77.5 Å². The zero-order valence-corrected chi connectivity index (χ0v) is 49.2. The first kappa shape index (κ1) is 51.1. The number of nitrogens with zero attached hydrogens (tertiary/aromatic N) is 5. The fraction of sp³-hybridized carbons (Fsp3) is 0.178. The van der Waals surface area contributed by atoms with E-state index in [1.807, 2.05) is 6.20 Å². The fourth-order valence-electron chi connectivity index (χ4n) is 12.2. The van der Waals surface area contributed by atoms with Gasteiger partial charge in [-0.1, -0.05) is 93.6 Å². The second-order valence-electron chi connectivity index (χ2n) is 24.5. The molecule has 0 fully saturated rings. The molecular weight excluding hydrogens is 1160 g/mol. The van der Waals surface area contributed by atoms with Gasteiger partial charge in [0.25, 0.3) is 0 Å².